The topological polar surface area (TPSA) is 60.5 Å². The number of rotatable bonds is 7. The minimum atomic E-state index is -0.0646. The third-order valence-electron chi connectivity index (χ3n) is 3.21. The number of benzene rings is 1. The molecule has 1 amide bonds. The van der Waals surface area contributed by atoms with E-state index in [1.54, 1.807) is 24.4 Å². The number of carbonyl (C=O) groups is 1. The van der Waals surface area contributed by atoms with Gasteiger partial charge in [0.25, 0.3) is 0 Å². The number of hydrogen-bond acceptors (Lipinski definition) is 4. The van der Waals surface area contributed by atoms with E-state index in [-0.39, 0.29) is 11.9 Å². The molecule has 1 N–H and O–H groups in total. The smallest absolute Gasteiger partial charge is 0.219 e. The van der Waals surface area contributed by atoms with Crippen LogP contribution in [-0.4, -0.2) is 23.5 Å². The molecule has 0 spiro atoms. The molecule has 0 aliphatic rings. The van der Waals surface area contributed by atoms with Gasteiger partial charge in [0.2, 0.25) is 11.8 Å². The lowest BCUT2D eigenvalue weighted by molar-refractivity contribution is -0.119. The van der Waals surface area contributed by atoms with Crippen LogP contribution in [0.15, 0.2) is 42.6 Å². The molecule has 1 atom stereocenters. The summed E-state index contributed by atoms with van der Waals surface area (Å²) in [7, 11) is 0. The van der Waals surface area contributed by atoms with Crippen molar-refractivity contribution in [2.75, 3.05) is 6.61 Å². The molecule has 0 fully saturated rings. The summed E-state index contributed by atoms with van der Waals surface area (Å²) in [5, 5.41) is 3.20. The Bertz CT molecular complexity index is 745. The van der Waals surface area contributed by atoms with E-state index in [0.29, 0.717) is 29.0 Å². The second-order valence-corrected chi connectivity index (χ2v) is 5.76. The highest BCUT2D eigenvalue weighted by Crippen LogP contribution is 2.35. The van der Waals surface area contributed by atoms with E-state index in [1.807, 2.05) is 38.1 Å². The molecule has 5 nitrogen and oxygen atoms in total. The first-order valence-electron chi connectivity index (χ1n) is 8.00. The Balaban J connectivity index is 2.04. The lowest BCUT2D eigenvalue weighted by Gasteiger charge is -2.10. The summed E-state index contributed by atoms with van der Waals surface area (Å²) in [5.74, 6) is 1.43. The van der Waals surface area contributed by atoms with Crippen molar-refractivity contribution >= 4 is 23.6 Å². The van der Waals surface area contributed by atoms with E-state index < -0.39 is 0 Å². The third-order valence-corrected chi connectivity index (χ3v) is 3.58. The number of nitrogens with zero attached hydrogens (tertiary/aromatic N) is 1. The molecule has 0 aliphatic carbocycles. The maximum Gasteiger partial charge on any atom is 0.219 e. The van der Waals surface area contributed by atoms with Crippen LogP contribution in [0.2, 0.25) is 5.02 Å². The van der Waals surface area contributed by atoms with Gasteiger partial charge < -0.3 is 14.8 Å². The van der Waals surface area contributed by atoms with Crippen molar-refractivity contribution in [1.82, 2.24) is 10.3 Å². The van der Waals surface area contributed by atoms with Gasteiger partial charge in [-0.2, -0.15) is 0 Å². The van der Waals surface area contributed by atoms with Gasteiger partial charge in [-0.25, -0.2) is 4.98 Å². The fourth-order valence-electron chi connectivity index (χ4n) is 2.12. The molecule has 1 aromatic heterocycles. The molecule has 0 saturated heterocycles. The maximum atomic E-state index is 11.0. The first kappa shape index (κ1) is 18.8. The van der Waals surface area contributed by atoms with Gasteiger partial charge in [-0.15, -0.1) is 0 Å². The fourth-order valence-corrected chi connectivity index (χ4v) is 2.34. The highest BCUT2D eigenvalue weighted by molar-refractivity contribution is 6.33. The lowest BCUT2D eigenvalue weighted by atomic mass is 10.2. The van der Waals surface area contributed by atoms with Crippen LogP contribution in [-0.2, 0) is 4.79 Å². The van der Waals surface area contributed by atoms with Crippen LogP contribution in [0.5, 0.6) is 17.4 Å². The molecule has 132 valence electrons. The first-order chi connectivity index (χ1) is 12.0. The van der Waals surface area contributed by atoms with Crippen molar-refractivity contribution in [1.29, 1.82) is 0 Å². The largest absolute Gasteiger partial charge is 0.492 e. The fraction of sp³-hybridized carbons (Fsp3) is 0.263. The van der Waals surface area contributed by atoms with E-state index >= 15 is 0 Å². The first-order valence-corrected chi connectivity index (χ1v) is 8.38. The van der Waals surface area contributed by atoms with Crippen LogP contribution >= 0.6 is 11.6 Å². The molecule has 0 aliphatic heterocycles. The van der Waals surface area contributed by atoms with Gasteiger partial charge in [0.15, 0.2) is 5.75 Å². The number of pyridine rings is 1. The summed E-state index contributed by atoms with van der Waals surface area (Å²) in [6.07, 6.45) is 5.47. The molecule has 0 unspecified atom stereocenters. The standard InChI is InChI=1S/C19H21ClN2O3/c1-4-24-16-6-5-7-17(19(16)20)25-18-11-10-15(12-21-18)9-8-13(2)22-14(3)23/h5-13H,4H2,1-3H3,(H,22,23)/b9-8+/t13-/m0/s1. The highest BCUT2D eigenvalue weighted by atomic mass is 35.5. The van der Waals surface area contributed by atoms with Gasteiger partial charge in [-0.1, -0.05) is 29.8 Å². The maximum absolute atomic E-state index is 11.0. The van der Waals surface area contributed by atoms with E-state index in [2.05, 4.69) is 10.3 Å². The number of halogens is 1. The number of aromatic nitrogens is 1. The van der Waals surface area contributed by atoms with Crippen LogP contribution in [0.1, 0.15) is 26.3 Å². The zero-order valence-electron chi connectivity index (χ0n) is 14.5. The van der Waals surface area contributed by atoms with Gasteiger partial charge in [-0.3, -0.25) is 4.79 Å². The van der Waals surface area contributed by atoms with Crippen molar-refractivity contribution < 1.29 is 14.3 Å². The minimum absolute atomic E-state index is 0.0476. The highest BCUT2D eigenvalue weighted by Gasteiger charge is 2.09. The lowest BCUT2D eigenvalue weighted by Crippen LogP contribution is -2.28. The molecule has 1 aromatic carbocycles. The predicted octanol–water partition coefficient (Wildman–Crippen LogP) is 4.46. The SMILES string of the molecule is CCOc1cccc(Oc2ccc(/C=C/[C@H](C)NC(C)=O)cn2)c1Cl. The van der Waals surface area contributed by atoms with Crippen molar-refractivity contribution in [3.63, 3.8) is 0 Å². The van der Waals surface area contributed by atoms with E-state index in [4.69, 9.17) is 21.1 Å². The summed E-state index contributed by atoms with van der Waals surface area (Å²) >= 11 is 6.27. The molecular weight excluding hydrogens is 340 g/mol. The quantitative estimate of drug-likeness (QED) is 0.791. The molecule has 2 aromatic rings. The summed E-state index contributed by atoms with van der Waals surface area (Å²) in [6, 6.07) is 8.94. The van der Waals surface area contributed by atoms with E-state index in [1.165, 1.54) is 6.92 Å². The van der Waals surface area contributed by atoms with Crippen LogP contribution in [0.4, 0.5) is 0 Å². The van der Waals surface area contributed by atoms with Crippen LogP contribution in [0.3, 0.4) is 0 Å². The molecular formula is C19H21ClN2O3. The van der Waals surface area contributed by atoms with Crippen LogP contribution < -0.4 is 14.8 Å². The Morgan fingerprint density at radius 2 is 2.08 bits per heavy atom. The summed E-state index contributed by atoms with van der Waals surface area (Å²) in [4.78, 5) is 15.3. The number of hydrogen-bond donors (Lipinski definition) is 1. The van der Waals surface area contributed by atoms with Crippen molar-refractivity contribution in [2.45, 2.75) is 26.8 Å². The molecule has 1 heterocycles. The molecule has 2 rings (SSSR count). The van der Waals surface area contributed by atoms with E-state index in [0.717, 1.165) is 5.56 Å². The Hall–Kier alpha value is -2.53. The van der Waals surface area contributed by atoms with Gasteiger partial charge in [0.1, 0.15) is 10.8 Å². The Kier molecular flexibility index (Phi) is 6.83. The van der Waals surface area contributed by atoms with Gasteiger partial charge in [0, 0.05) is 25.2 Å². The van der Waals surface area contributed by atoms with Crippen LogP contribution in [0.25, 0.3) is 6.08 Å². The van der Waals surface area contributed by atoms with Gasteiger partial charge in [-0.05, 0) is 37.6 Å². The zero-order valence-corrected chi connectivity index (χ0v) is 15.2. The average Bonchev–Trinajstić information content (AvgIpc) is 2.57. The number of ether oxygens (including phenoxy) is 2. The molecule has 0 saturated carbocycles. The van der Waals surface area contributed by atoms with Crippen molar-refractivity contribution in [2.24, 2.45) is 0 Å². The average molecular weight is 361 g/mol. The normalized spacial score (nSPS) is 12.0. The minimum Gasteiger partial charge on any atom is -0.492 e. The molecule has 25 heavy (non-hydrogen) atoms. The third kappa shape index (κ3) is 5.80. The Morgan fingerprint density at radius 1 is 1.32 bits per heavy atom. The van der Waals surface area contributed by atoms with Crippen molar-refractivity contribution in [3.8, 4) is 17.4 Å². The van der Waals surface area contributed by atoms with Gasteiger partial charge in [0.05, 0.1) is 6.61 Å². The summed E-state index contributed by atoms with van der Waals surface area (Å²) < 4.78 is 11.2. The van der Waals surface area contributed by atoms with Crippen LogP contribution in [0, 0.1) is 0 Å². The number of carbonyl (C=O) groups excluding carboxylic acids is 1. The Morgan fingerprint density at radius 3 is 2.72 bits per heavy atom. The van der Waals surface area contributed by atoms with E-state index in [9.17, 15) is 4.79 Å². The molecule has 0 bridgehead atoms. The number of nitrogens with one attached hydrogen (secondary N) is 1. The van der Waals surface area contributed by atoms with Crippen molar-refractivity contribution in [3.05, 3.63) is 53.2 Å². The second-order valence-electron chi connectivity index (χ2n) is 5.38. The van der Waals surface area contributed by atoms with Gasteiger partial charge >= 0.3 is 0 Å². The molecule has 0 radical (unpaired) electrons. The summed E-state index contributed by atoms with van der Waals surface area (Å²) in [6.45, 7) is 5.81. The zero-order chi connectivity index (χ0) is 18.2. The Labute approximate surface area is 152 Å². The summed E-state index contributed by atoms with van der Waals surface area (Å²) in [5.41, 5.74) is 0.902. The predicted molar refractivity (Wildman–Crippen MR) is 99.2 cm³/mol. The number of amides is 1. The molecule has 6 heteroatoms. The second kappa shape index (κ2) is 9.08. The monoisotopic (exact) mass is 360 g/mol.